The third-order valence-corrected chi connectivity index (χ3v) is 5.49. The van der Waals surface area contributed by atoms with E-state index in [2.05, 4.69) is 6.07 Å². The summed E-state index contributed by atoms with van der Waals surface area (Å²) in [5.41, 5.74) is 6.45. The first-order valence-corrected chi connectivity index (χ1v) is 9.58. The first kappa shape index (κ1) is 19.2. The number of allylic oxidation sites excluding steroid dienone is 1. The number of carbonyl (C=O) groups is 1. The average Bonchev–Trinajstić information content (AvgIpc) is 3.27. The number of nitro groups is 1. The van der Waals surface area contributed by atoms with Gasteiger partial charge in [0.05, 0.1) is 10.8 Å². The molecule has 9 heteroatoms. The van der Waals surface area contributed by atoms with Crippen molar-refractivity contribution in [3.63, 3.8) is 0 Å². The highest BCUT2D eigenvalue weighted by molar-refractivity contribution is 7.10. The number of nitrogens with two attached hydrogens (primary N) is 1. The highest BCUT2D eigenvalue weighted by Gasteiger charge is 2.32. The van der Waals surface area contributed by atoms with Crippen molar-refractivity contribution in [2.45, 2.75) is 5.92 Å². The number of benzene rings is 2. The minimum absolute atomic E-state index is 0.0226. The van der Waals surface area contributed by atoms with Crippen molar-refractivity contribution in [2.75, 3.05) is 0 Å². The van der Waals surface area contributed by atoms with Crippen molar-refractivity contribution < 1.29 is 19.2 Å². The van der Waals surface area contributed by atoms with Crippen LogP contribution in [0.15, 0.2) is 71.4 Å². The molecule has 1 aliphatic rings. The second-order valence-electron chi connectivity index (χ2n) is 6.30. The Labute approximate surface area is 174 Å². The fourth-order valence-electron chi connectivity index (χ4n) is 3.21. The van der Waals surface area contributed by atoms with Gasteiger partial charge >= 0.3 is 5.97 Å². The van der Waals surface area contributed by atoms with E-state index in [1.54, 1.807) is 12.1 Å². The monoisotopic (exact) mass is 419 g/mol. The molecule has 1 aromatic heterocycles. The predicted molar refractivity (Wildman–Crippen MR) is 108 cm³/mol. The van der Waals surface area contributed by atoms with Gasteiger partial charge in [0, 0.05) is 22.6 Å². The molecule has 2 N–H and O–H groups in total. The van der Waals surface area contributed by atoms with E-state index < -0.39 is 16.8 Å². The molecule has 148 valence electrons. The van der Waals surface area contributed by atoms with E-state index in [-0.39, 0.29) is 22.9 Å². The van der Waals surface area contributed by atoms with Crippen molar-refractivity contribution in [1.29, 1.82) is 5.26 Å². The van der Waals surface area contributed by atoms with Gasteiger partial charge in [-0.15, -0.1) is 11.3 Å². The zero-order valence-electron chi connectivity index (χ0n) is 15.3. The van der Waals surface area contributed by atoms with E-state index in [0.29, 0.717) is 16.9 Å². The summed E-state index contributed by atoms with van der Waals surface area (Å²) in [7, 11) is 0. The van der Waals surface area contributed by atoms with Crippen molar-refractivity contribution >= 4 is 23.0 Å². The van der Waals surface area contributed by atoms with Crippen LogP contribution >= 0.6 is 11.3 Å². The standard InChI is InChI=1S/C21H13N3O5S/c22-11-15-19(18-6-3-9-30-18)14-8-7-12(10-17(14)29-20(15)23)28-21(25)13-4-1-2-5-16(13)24(26)27/h1-10,19H,23H2. The molecule has 4 rings (SSSR count). The van der Waals surface area contributed by atoms with Gasteiger partial charge in [-0.05, 0) is 23.6 Å². The smallest absolute Gasteiger partial charge is 0.350 e. The van der Waals surface area contributed by atoms with E-state index in [0.717, 1.165) is 4.88 Å². The Kier molecular flexibility index (Phi) is 4.92. The number of thiophene rings is 1. The van der Waals surface area contributed by atoms with Gasteiger partial charge in [0.25, 0.3) is 5.69 Å². The molecule has 0 amide bonds. The molecule has 30 heavy (non-hydrogen) atoms. The average molecular weight is 419 g/mol. The molecular formula is C21H13N3O5S. The maximum Gasteiger partial charge on any atom is 0.350 e. The molecule has 3 aromatic rings. The molecule has 0 saturated carbocycles. The summed E-state index contributed by atoms with van der Waals surface area (Å²) in [6.45, 7) is 0. The quantitative estimate of drug-likeness (QED) is 0.292. The van der Waals surface area contributed by atoms with E-state index in [1.165, 1.54) is 41.7 Å². The number of rotatable bonds is 4. The maximum atomic E-state index is 12.5. The summed E-state index contributed by atoms with van der Waals surface area (Å²) in [5, 5.41) is 22.6. The number of para-hydroxylation sites is 1. The number of ether oxygens (including phenoxy) is 2. The van der Waals surface area contributed by atoms with Gasteiger partial charge in [0.1, 0.15) is 28.7 Å². The lowest BCUT2D eigenvalue weighted by molar-refractivity contribution is -0.385. The number of nitrogens with zero attached hydrogens (tertiary/aromatic N) is 2. The number of nitriles is 1. The predicted octanol–water partition coefficient (Wildman–Crippen LogP) is 4.09. The molecule has 8 nitrogen and oxygen atoms in total. The Balaban J connectivity index is 1.68. The minimum Gasteiger partial charge on any atom is -0.440 e. The van der Waals surface area contributed by atoms with Gasteiger partial charge in [-0.2, -0.15) is 5.26 Å². The van der Waals surface area contributed by atoms with Crippen LogP contribution in [-0.2, 0) is 0 Å². The van der Waals surface area contributed by atoms with Crippen molar-refractivity contribution in [3.05, 3.63) is 97.6 Å². The van der Waals surface area contributed by atoms with Crippen LogP contribution in [0.4, 0.5) is 5.69 Å². The minimum atomic E-state index is -0.867. The van der Waals surface area contributed by atoms with Crippen molar-refractivity contribution in [1.82, 2.24) is 0 Å². The molecule has 2 aromatic carbocycles. The normalized spacial score (nSPS) is 15.0. The van der Waals surface area contributed by atoms with Crippen molar-refractivity contribution in [2.24, 2.45) is 5.73 Å². The summed E-state index contributed by atoms with van der Waals surface area (Å²) in [6.07, 6.45) is 0. The summed E-state index contributed by atoms with van der Waals surface area (Å²) < 4.78 is 10.9. The molecule has 1 atom stereocenters. The molecule has 0 aliphatic carbocycles. The largest absolute Gasteiger partial charge is 0.440 e. The second kappa shape index (κ2) is 7.69. The molecule has 0 fully saturated rings. The van der Waals surface area contributed by atoms with Gasteiger partial charge < -0.3 is 15.2 Å². The summed E-state index contributed by atoms with van der Waals surface area (Å²) in [5.74, 6) is -0.800. The van der Waals surface area contributed by atoms with Gasteiger partial charge in [-0.1, -0.05) is 24.3 Å². The molecule has 0 radical (unpaired) electrons. The lowest BCUT2D eigenvalue weighted by Crippen LogP contribution is -2.20. The van der Waals surface area contributed by atoms with Crippen LogP contribution in [0.1, 0.15) is 26.7 Å². The number of esters is 1. The van der Waals surface area contributed by atoms with Gasteiger partial charge in [0.15, 0.2) is 0 Å². The highest BCUT2D eigenvalue weighted by Crippen LogP contribution is 2.44. The molecule has 0 bridgehead atoms. The van der Waals surface area contributed by atoms with E-state index in [1.807, 2.05) is 17.5 Å². The number of nitro benzene ring substituents is 1. The van der Waals surface area contributed by atoms with Crippen LogP contribution in [0.2, 0.25) is 0 Å². The Hall–Kier alpha value is -4.16. The van der Waals surface area contributed by atoms with Crippen LogP contribution < -0.4 is 15.2 Å². The first-order valence-electron chi connectivity index (χ1n) is 8.70. The second-order valence-corrected chi connectivity index (χ2v) is 7.28. The summed E-state index contributed by atoms with van der Waals surface area (Å²) >= 11 is 1.49. The summed E-state index contributed by atoms with van der Waals surface area (Å²) in [6, 6.07) is 16.1. The number of fused-ring (bicyclic) bond motifs is 1. The maximum absolute atomic E-state index is 12.5. The molecular weight excluding hydrogens is 406 g/mol. The Morgan fingerprint density at radius 3 is 2.73 bits per heavy atom. The lowest BCUT2D eigenvalue weighted by Gasteiger charge is -2.25. The first-order chi connectivity index (χ1) is 14.5. The zero-order valence-corrected chi connectivity index (χ0v) is 16.1. The third kappa shape index (κ3) is 3.36. The fourth-order valence-corrected chi connectivity index (χ4v) is 4.07. The molecule has 0 saturated heterocycles. The van der Waals surface area contributed by atoms with E-state index in [9.17, 15) is 20.2 Å². The lowest BCUT2D eigenvalue weighted by atomic mass is 9.88. The molecule has 1 unspecified atom stereocenters. The number of hydrogen-bond acceptors (Lipinski definition) is 8. The van der Waals surface area contributed by atoms with Gasteiger partial charge in [-0.3, -0.25) is 10.1 Å². The van der Waals surface area contributed by atoms with Crippen molar-refractivity contribution in [3.8, 4) is 17.6 Å². The summed E-state index contributed by atoms with van der Waals surface area (Å²) in [4.78, 5) is 23.9. The number of carbonyl (C=O) groups excluding carboxylic acids is 1. The van der Waals surface area contributed by atoms with Crippen LogP contribution in [0.5, 0.6) is 11.5 Å². The SMILES string of the molecule is N#CC1=C(N)Oc2cc(OC(=O)c3ccccc3[N+](=O)[O-])ccc2C1c1cccs1. The van der Waals surface area contributed by atoms with Crippen LogP contribution in [0.25, 0.3) is 0 Å². The third-order valence-electron chi connectivity index (χ3n) is 4.55. The highest BCUT2D eigenvalue weighted by atomic mass is 32.1. The zero-order chi connectivity index (χ0) is 21.3. The van der Waals surface area contributed by atoms with Crippen LogP contribution in [-0.4, -0.2) is 10.9 Å². The van der Waals surface area contributed by atoms with Crippen LogP contribution in [0.3, 0.4) is 0 Å². The number of hydrogen-bond donors (Lipinski definition) is 1. The molecule has 0 spiro atoms. The Morgan fingerprint density at radius 2 is 2.03 bits per heavy atom. The Bertz CT molecular complexity index is 1230. The van der Waals surface area contributed by atoms with Gasteiger partial charge in [-0.25, -0.2) is 4.79 Å². The van der Waals surface area contributed by atoms with E-state index in [4.69, 9.17) is 15.2 Å². The Morgan fingerprint density at radius 1 is 1.23 bits per heavy atom. The van der Waals surface area contributed by atoms with Crippen LogP contribution in [0, 0.1) is 21.4 Å². The fraction of sp³-hybridized carbons (Fsp3) is 0.0476. The van der Waals surface area contributed by atoms with E-state index >= 15 is 0 Å². The molecule has 2 heterocycles. The molecule has 1 aliphatic heterocycles. The van der Waals surface area contributed by atoms with Gasteiger partial charge in [0.2, 0.25) is 5.88 Å². The topological polar surface area (TPSA) is 128 Å².